The average molecular weight is 445 g/mol. The predicted octanol–water partition coefficient (Wildman–Crippen LogP) is 2.03. The zero-order valence-electron chi connectivity index (χ0n) is 15.9. The van der Waals surface area contributed by atoms with Crippen molar-refractivity contribution < 1.29 is 30.8 Å². The monoisotopic (exact) mass is 444 g/mol. The lowest BCUT2D eigenvalue weighted by Gasteiger charge is -2.24. The number of nitrogens with one attached hydrogen (secondary N) is 2. The van der Waals surface area contributed by atoms with Gasteiger partial charge in [-0.05, 0) is 23.8 Å². The topological polar surface area (TPSA) is 119 Å². The first kappa shape index (κ1) is 22.8. The van der Waals surface area contributed by atoms with E-state index < -0.39 is 48.7 Å². The van der Waals surface area contributed by atoms with Gasteiger partial charge in [0.2, 0.25) is 20.0 Å². The van der Waals surface area contributed by atoms with Gasteiger partial charge in [-0.25, -0.2) is 25.9 Å². The summed E-state index contributed by atoms with van der Waals surface area (Å²) in [5, 5.41) is 0. The summed E-state index contributed by atoms with van der Waals surface area (Å²) in [4.78, 5) is 11.3. The molecule has 0 bridgehead atoms. The van der Waals surface area contributed by atoms with Crippen LogP contribution in [-0.2, 0) is 29.6 Å². The number of hydrogen-bond acceptors (Lipinski definition) is 6. The number of hydrogen-bond donors (Lipinski definition) is 2. The second-order valence-corrected chi connectivity index (χ2v) is 9.77. The van der Waals surface area contributed by atoms with Gasteiger partial charge in [0.1, 0.15) is 10.7 Å². The van der Waals surface area contributed by atoms with Gasteiger partial charge in [-0.15, -0.1) is 0 Å². The summed E-state index contributed by atoms with van der Waals surface area (Å²) in [5.41, 5.74) is 0.372. The summed E-state index contributed by atoms with van der Waals surface area (Å²) >= 11 is 0. The molecule has 0 unspecified atom stereocenters. The molecule has 0 spiro atoms. The predicted molar refractivity (Wildman–Crippen MR) is 106 cm³/mol. The molecular weight excluding hydrogens is 423 g/mol. The molecule has 0 amide bonds. The van der Waals surface area contributed by atoms with Crippen molar-refractivity contribution in [3.63, 3.8) is 0 Å². The van der Waals surface area contributed by atoms with Gasteiger partial charge >= 0.3 is 5.97 Å². The van der Waals surface area contributed by atoms with E-state index >= 15 is 0 Å². The van der Waals surface area contributed by atoms with Crippen molar-refractivity contribution in [2.45, 2.75) is 17.9 Å². The van der Waals surface area contributed by atoms with E-state index in [2.05, 4.69) is 9.44 Å². The highest BCUT2D eigenvalue weighted by atomic mass is 32.2. The van der Waals surface area contributed by atoms with E-state index in [0.29, 0.717) is 5.56 Å². The van der Waals surface area contributed by atoms with Crippen LogP contribution in [0.15, 0.2) is 53.4 Å². The Morgan fingerprint density at radius 1 is 1.07 bits per heavy atom. The minimum Gasteiger partial charge on any atom is -0.469 e. The van der Waals surface area contributed by atoms with E-state index in [1.165, 1.54) is 14.0 Å². The third kappa shape index (κ3) is 5.99. The molecule has 29 heavy (non-hydrogen) atoms. The minimum absolute atomic E-state index is 0.119. The number of ether oxygens (including phenoxy) is 1. The van der Waals surface area contributed by atoms with Crippen LogP contribution in [0.5, 0.6) is 0 Å². The van der Waals surface area contributed by atoms with Crippen LogP contribution in [0.3, 0.4) is 0 Å². The molecule has 2 aromatic carbocycles. The number of rotatable bonds is 8. The minimum atomic E-state index is -4.40. The van der Waals surface area contributed by atoms with Crippen molar-refractivity contribution in [1.82, 2.24) is 4.72 Å². The van der Waals surface area contributed by atoms with Crippen LogP contribution in [0, 0.1) is 11.7 Å². The standard InChI is InChI=1S/C18H21FN2O6S2/c1-12(18(22)27-2)17(13-7-5-4-6-8-13)21-29(25,26)16-10-9-14(11-15(16)19)20-28(3,23)24/h4-12,17,20-21H,1-3H3/t12-,17-/m0/s1. The van der Waals surface area contributed by atoms with Crippen molar-refractivity contribution >= 4 is 31.7 Å². The number of esters is 1. The lowest BCUT2D eigenvalue weighted by molar-refractivity contribution is -0.145. The maximum absolute atomic E-state index is 14.5. The molecule has 2 N–H and O–H groups in total. The van der Waals surface area contributed by atoms with Gasteiger partial charge in [-0.2, -0.15) is 0 Å². The normalized spacial score (nSPS) is 14.1. The highest BCUT2D eigenvalue weighted by molar-refractivity contribution is 7.92. The van der Waals surface area contributed by atoms with E-state index in [1.807, 2.05) is 0 Å². The molecule has 0 heterocycles. The fraction of sp³-hybridized carbons (Fsp3) is 0.278. The average Bonchev–Trinajstić information content (AvgIpc) is 2.64. The summed E-state index contributed by atoms with van der Waals surface area (Å²) in [6, 6.07) is 10.1. The summed E-state index contributed by atoms with van der Waals surface area (Å²) < 4.78 is 71.7. The number of sulfonamides is 2. The Kier molecular flexibility index (Phi) is 6.98. The highest BCUT2D eigenvalue weighted by Gasteiger charge is 2.32. The summed E-state index contributed by atoms with van der Waals surface area (Å²) in [5.74, 6) is -2.69. The second-order valence-electron chi connectivity index (χ2n) is 6.34. The van der Waals surface area contributed by atoms with Gasteiger partial charge in [-0.1, -0.05) is 37.3 Å². The molecule has 0 aliphatic carbocycles. The fourth-order valence-electron chi connectivity index (χ4n) is 2.67. The van der Waals surface area contributed by atoms with E-state index in [1.54, 1.807) is 30.3 Å². The third-order valence-electron chi connectivity index (χ3n) is 4.04. The van der Waals surface area contributed by atoms with Crippen LogP contribution in [0.4, 0.5) is 10.1 Å². The Bertz CT molecular complexity index is 1090. The molecule has 8 nitrogen and oxygen atoms in total. The van der Waals surface area contributed by atoms with Gasteiger partial charge in [0, 0.05) is 0 Å². The molecule has 0 saturated carbocycles. The highest BCUT2D eigenvalue weighted by Crippen LogP contribution is 2.27. The van der Waals surface area contributed by atoms with E-state index in [9.17, 15) is 26.0 Å². The van der Waals surface area contributed by atoms with Crippen LogP contribution in [0.25, 0.3) is 0 Å². The Morgan fingerprint density at radius 2 is 1.69 bits per heavy atom. The number of carbonyl (C=O) groups is 1. The lowest BCUT2D eigenvalue weighted by atomic mass is 9.95. The molecular formula is C18H21FN2O6S2. The van der Waals surface area contributed by atoms with Gasteiger partial charge in [-0.3, -0.25) is 9.52 Å². The van der Waals surface area contributed by atoms with Gasteiger partial charge in [0.25, 0.3) is 0 Å². The SMILES string of the molecule is COC(=O)[C@@H](C)[C@H](NS(=O)(=O)c1ccc(NS(C)(=O)=O)cc1F)c1ccccc1. The van der Waals surface area contributed by atoms with Crippen molar-refractivity contribution in [3.05, 3.63) is 59.9 Å². The molecule has 2 atom stereocenters. The molecule has 2 aromatic rings. The largest absolute Gasteiger partial charge is 0.469 e. The Labute approximate surface area is 169 Å². The molecule has 0 aromatic heterocycles. The molecule has 11 heteroatoms. The molecule has 0 fully saturated rings. The van der Waals surface area contributed by atoms with Crippen molar-refractivity contribution in [2.24, 2.45) is 5.92 Å². The van der Waals surface area contributed by atoms with Crippen LogP contribution in [0.1, 0.15) is 18.5 Å². The fourth-order valence-corrected chi connectivity index (χ4v) is 4.59. The first-order valence-electron chi connectivity index (χ1n) is 8.37. The number of halogens is 1. The van der Waals surface area contributed by atoms with Crippen molar-refractivity contribution in [3.8, 4) is 0 Å². The lowest BCUT2D eigenvalue weighted by Crippen LogP contribution is -2.36. The Morgan fingerprint density at radius 3 is 2.21 bits per heavy atom. The summed E-state index contributed by atoms with van der Waals surface area (Å²) in [6.45, 7) is 1.49. The molecule has 0 aliphatic heterocycles. The number of benzene rings is 2. The first-order chi connectivity index (χ1) is 13.4. The first-order valence-corrected chi connectivity index (χ1v) is 11.7. The van der Waals surface area contributed by atoms with Crippen LogP contribution < -0.4 is 9.44 Å². The second kappa shape index (κ2) is 8.89. The van der Waals surface area contributed by atoms with E-state index in [-0.39, 0.29) is 5.69 Å². The quantitative estimate of drug-likeness (QED) is 0.602. The number of anilines is 1. The molecule has 0 saturated heterocycles. The Balaban J connectivity index is 2.41. The van der Waals surface area contributed by atoms with Gasteiger partial charge in [0.15, 0.2) is 0 Å². The van der Waals surface area contributed by atoms with Crippen molar-refractivity contribution in [2.75, 3.05) is 18.1 Å². The zero-order valence-corrected chi connectivity index (χ0v) is 17.6. The van der Waals surface area contributed by atoms with Crippen LogP contribution in [-0.4, -0.2) is 36.2 Å². The van der Waals surface area contributed by atoms with Crippen LogP contribution in [0.2, 0.25) is 0 Å². The number of carbonyl (C=O) groups excluding carboxylic acids is 1. The summed E-state index contributed by atoms with van der Waals surface area (Å²) in [6.07, 6.45) is 0.885. The maximum Gasteiger partial charge on any atom is 0.310 e. The van der Waals surface area contributed by atoms with E-state index in [0.717, 1.165) is 24.5 Å². The van der Waals surface area contributed by atoms with Crippen LogP contribution >= 0.6 is 0 Å². The molecule has 0 radical (unpaired) electrons. The van der Waals surface area contributed by atoms with Gasteiger partial charge in [0.05, 0.1) is 31.0 Å². The van der Waals surface area contributed by atoms with E-state index in [4.69, 9.17) is 4.74 Å². The third-order valence-corrected chi connectivity index (χ3v) is 6.12. The smallest absolute Gasteiger partial charge is 0.310 e. The summed E-state index contributed by atoms with van der Waals surface area (Å²) in [7, 11) is -6.87. The molecule has 2 rings (SSSR count). The number of methoxy groups -OCH3 is 1. The Hall–Kier alpha value is -2.50. The molecule has 158 valence electrons. The van der Waals surface area contributed by atoms with Gasteiger partial charge < -0.3 is 4.74 Å². The maximum atomic E-state index is 14.5. The molecule has 0 aliphatic rings. The van der Waals surface area contributed by atoms with Crippen molar-refractivity contribution in [1.29, 1.82) is 0 Å². The zero-order chi connectivity index (χ0) is 21.8.